The van der Waals surface area contributed by atoms with Gasteiger partial charge < -0.3 is 0 Å². The average molecular weight is 413 g/mol. The predicted octanol–water partition coefficient (Wildman–Crippen LogP) is 2.54. The van der Waals surface area contributed by atoms with Crippen LogP contribution in [0.4, 0.5) is 0 Å². The van der Waals surface area contributed by atoms with Crippen molar-refractivity contribution in [1.29, 1.82) is 0 Å². The Labute approximate surface area is 165 Å². The van der Waals surface area contributed by atoms with Crippen LogP contribution >= 0.6 is 11.7 Å². The van der Waals surface area contributed by atoms with Gasteiger partial charge in [-0.25, -0.2) is 8.42 Å². The number of aromatic nitrogens is 5. The number of hydrogen-bond acceptors (Lipinski definition) is 7. The van der Waals surface area contributed by atoms with E-state index in [2.05, 4.69) is 18.8 Å². The van der Waals surface area contributed by atoms with E-state index in [-0.39, 0.29) is 11.4 Å². The van der Waals surface area contributed by atoms with Crippen LogP contribution in [0.3, 0.4) is 0 Å². The molecule has 1 aliphatic rings. The van der Waals surface area contributed by atoms with Crippen LogP contribution in [0.1, 0.15) is 12.1 Å². The van der Waals surface area contributed by atoms with E-state index in [1.165, 1.54) is 4.31 Å². The van der Waals surface area contributed by atoms with Crippen molar-refractivity contribution in [1.82, 2.24) is 27.8 Å². The summed E-state index contributed by atoms with van der Waals surface area (Å²) in [6, 6.07) is 10.8. The van der Waals surface area contributed by atoms with Crippen LogP contribution < -0.4 is 0 Å². The van der Waals surface area contributed by atoms with Crippen molar-refractivity contribution in [2.45, 2.75) is 24.4 Å². The molecule has 0 saturated heterocycles. The summed E-state index contributed by atoms with van der Waals surface area (Å²) in [6.07, 6.45) is 4.13. The average Bonchev–Trinajstić information content (AvgIpc) is 3.30. The smallest absolute Gasteiger partial charge is 0.245 e. The summed E-state index contributed by atoms with van der Waals surface area (Å²) < 4.78 is 38.5. The van der Waals surface area contributed by atoms with Crippen LogP contribution in [-0.2, 0) is 23.1 Å². The summed E-state index contributed by atoms with van der Waals surface area (Å²) in [5.41, 5.74) is 3.69. The van der Waals surface area contributed by atoms with Crippen LogP contribution in [0.15, 0.2) is 53.7 Å². The highest BCUT2D eigenvalue weighted by molar-refractivity contribution is 7.89. The number of nitrogens with zero attached hydrogens (tertiary/aromatic N) is 6. The van der Waals surface area contributed by atoms with E-state index in [0.717, 1.165) is 28.7 Å². The van der Waals surface area contributed by atoms with Crippen molar-refractivity contribution in [2.75, 3.05) is 6.54 Å². The van der Waals surface area contributed by atoms with Gasteiger partial charge in [0.1, 0.15) is 15.9 Å². The molecule has 0 N–H and O–H groups in total. The lowest BCUT2D eigenvalue weighted by Gasteiger charge is -2.19. The minimum Gasteiger partial charge on any atom is -0.268 e. The third kappa shape index (κ3) is 2.89. The second-order valence-electron chi connectivity index (χ2n) is 6.56. The predicted molar refractivity (Wildman–Crippen MR) is 105 cm³/mol. The van der Waals surface area contributed by atoms with E-state index >= 15 is 0 Å². The van der Waals surface area contributed by atoms with Gasteiger partial charge in [-0.05, 0) is 36.8 Å². The van der Waals surface area contributed by atoms with E-state index < -0.39 is 10.0 Å². The molecule has 0 spiro atoms. The van der Waals surface area contributed by atoms with Crippen molar-refractivity contribution in [3.63, 3.8) is 0 Å². The monoisotopic (exact) mass is 412 g/mol. The molecule has 142 valence electrons. The molecule has 0 aliphatic carbocycles. The van der Waals surface area contributed by atoms with E-state index in [9.17, 15) is 8.42 Å². The molecule has 8 nitrogen and oxygen atoms in total. The zero-order chi connectivity index (χ0) is 19.1. The molecular formula is C18H16N6O2S2. The minimum absolute atomic E-state index is 0.209. The van der Waals surface area contributed by atoms with Gasteiger partial charge >= 0.3 is 0 Å². The highest BCUT2D eigenvalue weighted by Crippen LogP contribution is 2.28. The molecule has 0 radical (unpaired) electrons. The number of sulfonamides is 1. The third-order valence-corrected chi connectivity index (χ3v) is 7.24. The molecule has 1 aromatic carbocycles. The fourth-order valence-corrected chi connectivity index (χ4v) is 5.63. The summed E-state index contributed by atoms with van der Waals surface area (Å²) in [7, 11) is -3.69. The largest absolute Gasteiger partial charge is 0.268 e. The van der Waals surface area contributed by atoms with Gasteiger partial charge in [0.05, 0.1) is 29.7 Å². The Bertz CT molecular complexity index is 1250. The number of benzene rings is 1. The Kier molecular flexibility index (Phi) is 4.18. The highest BCUT2D eigenvalue weighted by atomic mass is 32.2. The molecule has 0 fully saturated rings. The van der Waals surface area contributed by atoms with E-state index in [0.29, 0.717) is 30.5 Å². The van der Waals surface area contributed by atoms with Gasteiger partial charge in [0.15, 0.2) is 0 Å². The van der Waals surface area contributed by atoms with Gasteiger partial charge in [-0.15, -0.1) is 0 Å². The lowest BCUT2D eigenvalue weighted by atomic mass is 10.2. The zero-order valence-electron chi connectivity index (χ0n) is 14.8. The molecule has 0 saturated carbocycles. The van der Waals surface area contributed by atoms with Crippen molar-refractivity contribution < 1.29 is 8.42 Å². The van der Waals surface area contributed by atoms with Gasteiger partial charge in [0.25, 0.3) is 0 Å². The SMILES string of the molecule is O=S(=O)(c1cccc2nsnc12)N1CCCn2nc(-c3ccncc3)cc2C1. The molecule has 0 amide bonds. The fraction of sp³-hybridized carbons (Fsp3) is 0.222. The van der Waals surface area contributed by atoms with Crippen LogP contribution in [-0.4, -0.2) is 42.8 Å². The van der Waals surface area contributed by atoms with Crippen LogP contribution in [0, 0.1) is 0 Å². The first-order valence-corrected chi connectivity index (χ1v) is 11.0. The summed E-state index contributed by atoms with van der Waals surface area (Å²) in [4.78, 5) is 4.24. The quantitative estimate of drug-likeness (QED) is 0.513. The first-order valence-electron chi connectivity index (χ1n) is 8.81. The van der Waals surface area contributed by atoms with Crippen LogP contribution in [0.25, 0.3) is 22.3 Å². The second-order valence-corrected chi connectivity index (χ2v) is 9.00. The molecule has 5 rings (SSSR count). The topological polar surface area (TPSA) is 93.9 Å². The highest BCUT2D eigenvalue weighted by Gasteiger charge is 2.30. The standard InChI is InChI=1S/C18H16N6O2S2/c25-28(26,17-4-1-3-15-18(17)22-27-21-15)23-9-2-10-24-14(12-23)11-16(20-24)13-5-7-19-8-6-13/h1,3-8,11H,2,9-10,12H2. The Morgan fingerprint density at radius 1 is 1.04 bits per heavy atom. The number of rotatable bonds is 3. The van der Waals surface area contributed by atoms with E-state index in [1.54, 1.807) is 30.6 Å². The molecule has 0 unspecified atom stereocenters. The molecule has 0 bridgehead atoms. The Balaban J connectivity index is 1.52. The molecule has 28 heavy (non-hydrogen) atoms. The first kappa shape index (κ1) is 17.4. The van der Waals surface area contributed by atoms with Gasteiger partial charge in [-0.1, -0.05) is 6.07 Å². The normalized spacial score (nSPS) is 15.4. The van der Waals surface area contributed by atoms with Crippen molar-refractivity contribution in [3.8, 4) is 11.3 Å². The van der Waals surface area contributed by atoms with Crippen molar-refractivity contribution in [3.05, 3.63) is 54.5 Å². The zero-order valence-corrected chi connectivity index (χ0v) is 16.4. The number of aryl methyl sites for hydroxylation is 1. The first-order chi connectivity index (χ1) is 13.6. The van der Waals surface area contributed by atoms with Gasteiger partial charge in [0, 0.05) is 31.0 Å². The van der Waals surface area contributed by atoms with Gasteiger partial charge in [-0.2, -0.15) is 18.2 Å². The summed E-state index contributed by atoms with van der Waals surface area (Å²) >= 11 is 1.02. The maximum atomic E-state index is 13.4. The molecule has 0 atom stereocenters. The van der Waals surface area contributed by atoms with E-state index in [1.807, 2.05) is 22.9 Å². The van der Waals surface area contributed by atoms with Crippen molar-refractivity contribution >= 4 is 32.8 Å². The second kappa shape index (κ2) is 6.73. The molecule has 4 heterocycles. The Hall–Kier alpha value is -2.69. The third-order valence-electron chi connectivity index (χ3n) is 4.82. The lowest BCUT2D eigenvalue weighted by Crippen LogP contribution is -2.31. The van der Waals surface area contributed by atoms with Gasteiger partial charge in [-0.3, -0.25) is 9.67 Å². The molecule has 10 heteroatoms. The maximum Gasteiger partial charge on any atom is 0.245 e. The Morgan fingerprint density at radius 3 is 2.75 bits per heavy atom. The number of hydrogen-bond donors (Lipinski definition) is 0. The number of fused-ring (bicyclic) bond motifs is 2. The maximum absolute atomic E-state index is 13.4. The lowest BCUT2D eigenvalue weighted by molar-refractivity contribution is 0.410. The molecule has 4 aromatic rings. The summed E-state index contributed by atoms with van der Waals surface area (Å²) in [6.45, 7) is 1.38. The van der Waals surface area contributed by atoms with Crippen LogP contribution in [0.2, 0.25) is 0 Å². The molecule has 3 aromatic heterocycles. The van der Waals surface area contributed by atoms with Crippen molar-refractivity contribution in [2.24, 2.45) is 0 Å². The summed E-state index contributed by atoms with van der Waals surface area (Å²) in [5, 5.41) is 4.66. The Morgan fingerprint density at radius 2 is 1.89 bits per heavy atom. The summed E-state index contributed by atoms with van der Waals surface area (Å²) in [5.74, 6) is 0. The van der Waals surface area contributed by atoms with E-state index in [4.69, 9.17) is 0 Å². The van der Waals surface area contributed by atoms with Crippen LogP contribution in [0.5, 0.6) is 0 Å². The fourth-order valence-electron chi connectivity index (χ4n) is 3.43. The van der Waals surface area contributed by atoms with Gasteiger partial charge in [0.2, 0.25) is 10.0 Å². The minimum atomic E-state index is -3.69. The molecular weight excluding hydrogens is 396 g/mol. The number of pyridine rings is 1. The molecule has 1 aliphatic heterocycles.